The van der Waals surface area contributed by atoms with Crippen LogP contribution in [0.15, 0.2) is 12.2 Å². The fourth-order valence-corrected chi connectivity index (χ4v) is 2.23. The maximum Gasteiger partial charge on any atom is 0.0872 e. The lowest BCUT2D eigenvalue weighted by molar-refractivity contribution is 0.301. The molecular formula is C10H16O. The molecule has 0 aromatic heterocycles. The van der Waals surface area contributed by atoms with E-state index >= 15 is 0 Å². The Kier molecular flexibility index (Phi) is 1.76. The summed E-state index contributed by atoms with van der Waals surface area (Å²) in [5, 5.41) is 0. The number of fused-ring (bicyclic) bond motifs is 1. The average Bonchev–Trinajstić information content (AvgIpc) is 2.75. The van der Waals surface area contributed by atoms with Crippen molar-refractivity contribution in [2.24, 2.45) is 11.8 Å². The highest BCUT2D eigenvalue weighted by Gasteiger charge is 2.48. The van der Waals surface area contributed by atoms with Crippen LogP contribution in [0.5, 0.6) is 0 Å². The van der Waals surface area contributed by atoms with E-state index in [1.807, 2.05) is 0 Å². The van der Waals surface area contributed by atoms with E-state index in [-0.39, 0.29) is 0 Å². The number of ether oxygens (including phenoxy) is 1. The minimum absolute atomic E-state index is 0.602. The predicted octanol–water partition coefficient (Wildman–Crippen LogP) is 2.38. The first-order valence-corrected chi connectivity index (χ1v) is 4.61. The van der Waals surface area contributed by atoms with Gasteiger partial charge in [0.2, 0.25) is 0 Å². The summed E-state index contributed by atoms with van der Waals surface area (Å²) in [6.07, 6.45) is 8.35. The number of rotatable bonds is 1. The monoisotopic (exact) mass is 152 g/mol. The summed E-state index contributed by atoms with van der Waals surface area (Å²) in [7, 11) is 0. The van der Waals surface area contributed by atoms with Crippen LogP contribution in [0.2, 0.25) is 0 Å². The van der Waals surface area contributed by atoms with Crippen molar-refractivity contribution in [3.8, 4) is 0 Å². The summed E-state index contributed by atoms with van der Waals surface area (Å²) in [4.78, 5) is 0. The highest BCUT2D eigenvalue weighted by atomic mass is 16.6. The molecule has 62 valence electrons. The third-order valence-electron chi connectivity index (χ3n) is 3.04. The van der Waals surface area contributed by atoms with Crippen molar-refractivity contribution in [1.82, 2.24) is 0 Å². The molecule has 0 radical (unpaired) electrons. The van der Waals surface area contributed by atoms with Gasteiger partial charge >= 0.3 is 0 Å². The van der Waals surface area contributed by atoms with Crippen LogP contribution in [0, 0.1) is 11.8 Å². The van der Waals surface area contributed by atoms with Gasteiger partial charge in [0.15, 0.2) is 0 Å². The quantitative estimate of drug-likeness (QED) is 0.415. The van der Waals surface area contributed by atoms with Crippen LogP contribution in [-0.2, 0) is 4.74 Å². The Morgan fingerprint density at radius 2 is 2.18 bits per heavy atom. The molecule has 2 fully saturated rings. The molecule has 4 atom stereocenters. The Balaban J connectivity index is 1.99. The van der Waals surface area contributed by atoms with E-state index in [1.54, 1.807) is 0 Å². The summed E-state index contributed by atoms with van der Waals surface area (Å²) in [5.74, 6) is 1.54. The van der Waals surface area contributed by atoms with Gasteiger partial charge in [-0.2, -0.15) is 0 Å². The molecule has 1 heterocycles. The molecule has 1 saturated carbocycles. The van der Waals surface area contributed by atoms with E-state index in [4.69, 9.17) is 4.74 Å². The highest BCUT2D eigenvalue weighted by Crippen LogP contribution is 2.43. The van der Waals surface area contributed by atoms with Gasteiger partial charge < -0.3 is 4.74 Å². The molecule has 1 aliphatic carbocycles. The first-order chi connectivity index (χ1) is 5.33. The van der Waals surface area contributed by atoms with E-state index < -0.39 is 0 Å². The second kappa shape index (κ2) is 2.63. The molecule has 0 N–H and O–H groups in total. The second-order valence-electron chi connectivity index (χ2n) is 3.77. The van der Waals surface area contributed by atoms with E-state index in [0.717, 1.165) is 11.8 Å². The Morgan fingerprint density at radius 1 is 1.36 bits per heavy atom. The maximum absolute atomic E-state index is 5.53. The average molecular weight is 152 g/mol. The Morgan fingerprint density at radius 3 is 2.91 bits per heavy atom. The van der Waals surface area contributed by atoms with Gasteiger partial charge in [-0.15, -0.1) is 0 Å². The van der Waals surface area contributed by atoms with Gasteiger partial charge in [-0.25, -0.2) is 0 Å². The third kappa shape index (κ3) is 1.22. The molecule has 0 aromatic carbocycles. The molecule has 11 heavy (non-hydrogen) atoms. The van der Waals surface area contributed by atoms with Gasteiger partial charge in [0, 0.05) is 0 Å². The van der Waals surface area contributed by atoms with E-state index in [2.05, 4.69) is 26.0 Å². The molecule has 2 rings (SSSR count). The van der Waals surface area contributed by atoms with Gasteiger partial charge in [-0.1, -0.05) is 19.1 Å². The lowest BCUT2D eigenvalue weighted by Crippen LogP contribution is -2.22. The number of allylic oxidation sites excluding steroid dienone is 2. The van der Waals surface area contributed by atoms with Crippen LogP contribution in [0.1, 0.15) is 26.7 Å². The number of hydrogen-bond donors (Lipinski definition) is 0. The Bertz CT molecular complexity index is 174. The second-order valence-corrected chi connectivity index (χ2v) is 3.77. The summed E-state index contributed by atoms with van der Waals surface area (Å²) < 4.78 is 5.53. The number of epoxide rings is 1. The fourth-order valence-electron chi connectivity index (χ4n) is 2.23. The zero-order chi connectivity index (χ0) is 7.84. The van der Waals surface area contributed by atoms with Crippen molar-refractivity contribution in [2.75, 3.05) is 0 Å². The largest absolute Gasteiger partial charge is 0.369 e. The fraction of sp³-hybridized carbons (Fsp3) is 0.800. The lowest BCUT2D eigenvalue weighted by Gasteiger charge is -2.22. The van der Waals surface area contributed by atoms with Crippen molar-refractivity contribution in [3.05, 3.63) is 12.2 Å². The SMILES string of the molecule is CC=CC1CCC2OC2C1C. The van der Waals surface area contributed by atoms with Crippen LogP contribution in [0.3, 0.4) is 0 Å². The standard InChI is InChI=1S/C10H16O/c1-3-4-8-5-6-9-10(11-9)7(8)2/h3-4,7-10H,5-6H2,1-2H3. The Labute approximate surface area is 68.4 Å². The van der Waals surface area contributed by atoms with E-state index in [1.165, 1.54) is 12.8 Å². The van der Waals surface area contributed by atoms with Crippen molar-refractivity contribution in [3.63, 3.8) is 0 Å². The van der Waals surface area contributed by atoms with Crippen LogP contribution in [0.4, 0.5) is 0 Å². The molecule has 2 aliphatic rings. The van der Waals surface area contributed by atoms with Gasteiger partial charge in [-0.05, 0) is 31.6 Å². The lowest BCUT2D eigenvalue weighted by atomic mass is 9.80. The normalized spacial score (nSPS) is 49.3. The van der Waals surface area contributed by atoms with Gasteiger partial charge in [0.1, 0.15) is 0 Å². The van der Waals surface area contributed by atoms with Crippen molar-refractivity contribution in [1.29, 1.82) is 0 Å². The van der Waals surface area contributed by atoms with Crippen LogP contribution in [-0.4, -0.2) is 12.2 Å². The molecule has 4 unspecified atom stereocenters. The molecule has 1 saturated heterocycles. The van der Waals surface area contributed by atoms with Crippen molar-refractivity contribution >= 4 is 0 Å². The van der Waals surface area contributed by atoms with Crippen LogP contribution in [0.25, 0.3) is 0 Å². The summed E-state index contributed by atoms with van der Waals surface area (Å²) in [6, 6.07) is 0. The third-order valence-corrected chi connectivity index (χ3v) is 3.04. The van der Waals surface area contributed by atoms with Crippen LogP contribution < -0.4 is 0 Å². The molecule has 0 aromatic rings. The topological polar surface area (TPSA) is 12.5 Å². The van der Waals surface area contributed by atoms with Gasteiger partial charge in [0.25, 0.3) is 0 Å². The molecule has 0 bridgehead atoms. The first kappa shape index (κ1) is 7.35. The van der Waals surface area contributed by atoms with E-state index in [0.29, 0.717) is 12.2 Å². The zero-order valence-corrected chi connectivity index (χ0v) is 7.29. The zero-order valence-electron chi connectivity index (χ0n) is 7.29. The molecular weight excluding hydrogens is 136 g/mol. The molecule has 0 amide bonds. The molecule has 1 heteroatoms. The van der Waals surface area contributed by atoms with Crippen LogP contribution >= 0.6 is 0 Å². The maximum atomic E-state index is 5.53. The summed E-state index contributed by atoms with van der Waals surface area (Å²) in [5.41, 5.74) is 0. The molecule has 1 aliphatic heterocycles. The number of hydrogen-bond acceptors (Lipinski definition) is 1. The first-order valence-electron chi connectivity index (χ1n) is 4.61. The molecule has 1 nitrogen and oxygen atoms in total. The minimum atomic E-state index is 0.602. The van der Waals surface area contributed by atoms with Gasteiger partial charge in [0.05, 0.1) is 12.2 Å². The van der Waals surface area contributed by atoms with E-state index in [9.17, 15) is 0 Å². The minimum Gasteiger partial charge on any atom is -0.369 e. The van der Waals surface area contributed by atoms with Crippen molar-refractivity contribution < 1.29 is 4.74 Å². The molecule has 0 spiro atoms. The summed E-state index contributed by atoms with van der Waals surface area (Å²) in [6.45, 7) is 4.42. The highest BCUT2D eigenvalue weighted by molar-refractivity contribution is 5.02. The summed E-state index contributed by atoms with van der Waals surface area (Å²) >= 11 is 0. The predicted molar refractivity (Wildman–Crippen MR) is 45.4 cm³/mol. The Hall–Kier alpha value is -0.300. The smallest absolute Gasteiger partial charge is 0.0872 e. The van der Waals surface area contributed by atoms with Gasteiger partial charge in [-0.3, -0.25) is 0 Å². The van der Waals surface area contributed by atoms with Crippen molar-refractivity contribution in [2.45, 2.75) is 38.9 Å².